The summed E-state index contributed by atoms with van der Waals surface area (Å²) in [4.78, 5) is 5.06. The molecule has 2 heteroatoms. The molecule has 2 nitrogen and oxygen atoms in total. The monoisotopic (exact) mass is 782 g/mol. The van der Waals surface area contributed by atoms with Crippen molar-refractivity contribution in [3.8, 4) is 0 Å². The zero-order valence-electron chi connectivity index (χ0n) is 36.0. The Morgan fingerprint density at radius 2 is 0.717 bits per heavy atom. The van der Waals surface area contributed by atoms with Crippen molar-refractivity contribution in [3.05, 3.63) is 179 Å². The average Bonchev–Trinajstić information content (AvgIpc) is 3.30. The van der Waals surface area contributed by atoms with Gasteiger partial charge in [0.15, 0.2) is 0 Å². The van der Waals surface area contributed by atoms with Crippen LogP contribution in [-0.2, 0) is 0 Å². The van der Waals surface area contributed by atoms with Crippen LogP contribution in [0, 0.1) is 27.7 Å². The van der Waals surface area contributed by atoms with Gasteiger partial charge in [-0.3, -0.25) is 0 Å². The van der Waals surface area contributed by atoms with E-state index in [0.29, 0.717) is 11.8 Å². The molecule has 10 rings (SSSR count). The molecule has 0 saturated heterocycles. The number of hydrogen-bond acceptors (Lipinski definition) is 2. The van der Waals surface area contributed by atoms with Gasteiger partial charge in [-0.05, 0) is 193 Å². The van der Waals surface area contributed by atoms with Crippen LogP contribution in [0.25, 0.3) is 32.3 Å². The number of fused-ring (bicyclic) bond motifs is 5. The van der Waals surface area contributed by atoms with Gasteiger partial charge in [0, 0.05) is 33.5 Å². The summed E-state index contributed by atoms with van der Waals surface area (Å²) >= 11 is 0. The van der Waals surface area contributed by atoms with E-state index in [2.05, 4.69) is 183 Å². The topological polar surface area (TPSA) is 6.48 Å². The summed E-state index contributed by atoms with van der Waals surface area (Å²) < 4.78 is 0. The second kappa shape index (κ2) is 16.3. The molecule has 2 aliphatic rings. The minimum atomic E-state index is 0.599. The van der Waals surface area contributed by atoms with Crippen molar-refractivity contribution >= 4 is 66.4 Å². The molecule has 0 spiro atoms. The Kier molecular flexibility index (Phi) is 10.4. The van der Waals surface area contributed by atoms with Crippen LogP contribution < -0.4 is 9.80 Å². The van der Waals surface area contributed by atoms with Crippen LogP contribution in [0.3, 0.4) is 0 Å². The second-order valence-corrected chi connectivity index (χ2v) is 18.0. The lowest BCUT2D eigenvalue weighted by atomic mass is 9.82. The highest BCUT2D eigenvalue weighted by Gasteiger charge is 2.25. The van der Waals surface area contributed by atoms with Gasteiger partial charge in [0.1, 0.15) is 0 Å². The molecule has 0 aromatic heterocycles. The summed E-state index contributed by atoms with van der Waals surface area (Å²) in [6, 6.07) is 56.2. The van der Waals surface area contributed by atoms with Gasteiger partial charge in [-0.15, -0.1) is 0 Å². The fraction of sp³-hybridized carbons (Fsp3) is 0.276. The van der Waals surface area contributed by atoms with E-state index in [0.717, 1.165) is 0 Å². The maximum atomic E-state index is 2.57. The summed E-state index contributed by atoms with van der Waals surface area (Å²) in [5.74, 6) is 1.20. The number of aryl methyl sites for hydroxylation is 4. The number of hydrogen-bond donors (Lipinski definition) is 0. The molecule has 0 heterocycles. The third kappa shape index (κ3) is 7.15. The van der Waals surface area contributed by atoms with E-state index in [1.165, 1.54) is 164 Å². The molecule has 8 aromatic rings. The molecule has 60 heavy (non-hydrogen) atoms. The second-order valence-electron chi connectivity index (χ2n) is 18.0. The maximum Gasteiger partial charge on any atom is 0.0546 e. The Labute approximate surface area is 357 Å². The van der Waals surface area contributed by atoms with Crippen LogP contribution in [0.2, 0.25) is 0 Å². The normalized spacial score (nSPS) is 15.2. The summed E-state index contributed by atoms with van der Waals surface area (Å²) in [6.07, 6.45) is 13.1. The van der Waals surface area contributed by atoms with Crippen LogP contribution in [0.4, 0.5) is 34.1 Å². The van der Waals surface area contributed by atoms with E-state index in [9.17, 15) is 0 Å². The number of rotatable bonds is 8. The van der Waals surface area contributed by atoms with Gasteiger partial charge >= 0.3 is 0 Å². The lowest BCUT2D eigenvalue weighted by Crippen LogP contribution is -2.13. The summed E-state index contributed by atoms with van der Waals surface area (Å²) in [5.41, 5.74) is 15.4. The minimum absolute atomic E-state index is 0.599. The Bertz CT molecular complexity index is 2630. The molecule has 8 aromatic carbocycles. The summed E-state index contributed by atoms with van der Waals surface area (Å²) in [6.45, 7) is 8.93. The highest BCUT2D eigenvalue weighted by Crippen LogP contribution is 2.50. The molecule has 0 aliphatic heterocycles. The molecule has 2 aliphatic carbocycles. The standard InChI is InChI=1S/C58H58N2/c1-39-25-29-49(33-41(39)3)59(47-21-13-7-14-22-47)57-37-53-52-32-28-46(44-19-11-6-12-20-44)36-56(52)58(60(48-23-15-8-16-24-48)50-30-26-40(2)42(4)34-50)38-54(53)51-31-27-45(35-55(51)57)43-17-9-5-10-18-43/h7-8,13-16,21-38,43-44H,5-6,9-12,17-20H2,1-4H3. The van der Waals surface area contributed by atoms with Gasteiger partial charge < -0.3 is 9.80 Å². The molecule has 2 saturated carbocycles. The van der Waals surface area contributed by atoms with Crippen molar-refractivity contribution in [2.24, 2.45) is 0 Å². The summed E-state index contributed by atoms with van der Waals surface area (Å²) in [7, 11) is 0. The van der Waals surface area contributed by atoms with Crippen molar-refractivity contribution in [2.75, 3.05) is 9.80 Å². The largest absolute Gasteiger partial charge is 0.310 e. The Morgan fingerprint density at radius 3 is 1.10 bits per heavy atom. The lowest BCUT2D eigenvalue weighted by Gasteiger charge is -2.31. The van der Waals surface area contributed by atoms with E-state index in [-0.39, 0.29) is 0 Å². The van der Waals surface area contributed by atoms with Crippen LogP contribution in [-0.4, -0.2) is 0 Å². The third-order valence-corrected chi connectivity index (χ3v) is 14.2. The van der Waals surface area contributed by atoms with Gasteiger partial charge in [0.25, 0.3) is 0 Å². The molecule has 0 unspecified atom stereocenters. The highest BCUT2D eigenvalue weighted by molar-refractivity contribution is 6.24. The van der Waals surface area contributed by atoms with Gasteiger partial charge in [-0.25, -0.2) is 0 Å². The van der Waals surface area contributed by atoms with E-state index < -0.39 is 0 Å². The van der Waals surface area contributed by atoms with Crippen molar-refractivity contribution in [2.45, 2.75) is 104 Å². The lowest BCUT2D eigenvalue weighted by molar-refractivity contribution is 0.444. The first-order valence-corrected chi connectivity index (χ1v) is 22.7. The van der Waals surface area contributed by atoms with Gasteiger partial charge in [0.05, 0.1) is 11.4 Å². The maximum absolute atomic E-state index is 2.57. The predicted octanol–water partition coefficient (Wildman–Crippen LogP) is 17.4. The van der Waals surface area contributed by atoms with Crippen LogP contribution >= 0.6 is 0 Å². The first-order valence-electron chi connectivity index (χ1n) is 22.7. The molecule has 0 amide bonds. The average molecular weight is 783 g/mol. The van der Waals surface area contributed by atoms with Crippen LogP contribution in [0.1, 0.15) is 109 Å². The third-order valence-electron chi connectivity index (χ3n) is 14.2. The first-order chi connectivity index (χ1) is 29.4. The predicted molar refractivity (Wildman–Crippen MR) is 259 cm³/mol. The molecule has 0 N–H and O–H groups in total. The van der Waals surface area contributed by atoms with E-state index in [1.807, 2.05) is 0 Å². The number of para-hydroxylation sites is 2. The fourth-order valence-corrected chi connectivity index (χ4v) is 10.5. The van der Waals surface area contributed by atoms with Crippen molar-refractivity contribution < 1.29 is 0 Å². The van der Waals surface area contributed by atoms with Crippen molar-refractivity contribution in [1.29, 1.82) is 0 Å². The molecular formula is C58H58N2. The van der Waals surface area contributed by atoms with E-state index in [1.54, 1.807) is 0 Å². The zero-order valence-corrected chi connectivity index (χ0v) is 36.0. The number of benzene rings is 8. The van der Waals surface area contributed by atoms with Crippen LogP contribution in [0.5, 0.6) is 0 Å². The van der Waals surface area contributed by atoms with Crippen LogP contribution in [0.15, 0.2) is 146 Å². The van der Waals surface area contributed by atoms with Crippen molar-refractivity contribution in [1.82, 2.24) is 0 Å². The SMILES string of the molecule is Cc1ccc(N(c2ccccc2)c2cc3c4ccc(C5CCCCC5)cc4c(N(c4ccccc4)c4ccc(C)c(C)c4)cc3c3ccc(C4CCCCC4)cc23)cc1C. The van der Waals surface area contributed by atoms with Gasteiger partial charge in [-0.1, -0.05) is 111 Å². The molecule has 0 bridgehead atoms. The van der Waals surface area contributed by atoms with Gasteiger partial charge in [0.2, 0.25) is 0 Å². The minimum Gasteiger partial charge on any atom is -0.310 e. The number of anilines is 6. The fourth-order valence-electron chi connectivity index (χ4n) is 10.5. The Morgan fingerprint density at radius 1 is 0.317 bits per heavy atom. The zero-order chi connectivity index (χ0) is 40.7. The molecule has 300 valence electrons. The first kappa shape index (κ1) is 38.3. The quantitative estimate of drug-likeness (QED) is 0.142. The molecular weight excluding hydrogens is 725 g/mol. The van der Waals surface area contributed by atoms with E-state index >= 15 is 0 Å². The summed E-state index contributed by atoms with van der Waals surface area (Å²) in [5, 5.41) is 7.84. The number of nitrogens with zero attached hydrogens (tertiary/aromatic N) is 2. The Hall–Kier alpha value is -5.86. The molecule has 0 atom stereocenters. The molecule has 0 radical (unpaired) electrons. The van der Waals surface area contributed by atoms with Crippen molar-refractivity contribution in [3.63, 3.8) is 0 Å². The highest BCUT2D eigenvalue weighted by atomic mass is 15.2. The smallest absolute Gasteiger partial charge is 0.0546 e. The Balaban J connectivity index is 1.32. The van der Waals surface area contributed by atoms with E-state index in [4.69, 9.17) is 0 Å². The molecule has 2 fully saturated rings. The van der Waals surface area contributed by atoms with Gasteiger partial charge in [-0.2, -0.15) is 0 Å².